The highest BCUT2D eigenvalue weighted by Gasteiger charge is 2.50. The first-order valence-electron chi connectivity index (χ1n) is 16.2. The van der Waals surface area contributed by atoms with E-state index < -0.39 is 25.6 Å². The van der Waals surface area contributed by atoms with Crippen LogP contribution in [0.3, 0.4) is 0 Å². The van der Waals surface area contributed by atoms with E-state index in [0.29, 0.717) is 29.9 Å². The predicted molar refractivity (Wildman–Crippen MR) is 183 cm³/mol. The lowest BCUT2D eigenvalue weighted by Crippen LogP contribution is -2.47. The fourth-order valence-corrected chi connectivity index (χ4v) is 9.17. The number of esters is 2. The summed E-state index contributed by atoms with van der Waals surface area (Å²) < 4.78 is 12.7. The zero-order valence-electron chi connectivity index (χ0n) is 27.3. The van der Waals surface area contributed by atoms with Crippen molar-refractivity contribution in [1.82, 2.24) is 14.9 Å². The van der Waals surface area contributed by atoms with E-state index >= 15 is 0 Å². The van der Waals surface area contributed by atoms with Crippen molar-refractivity contribution in [3.63, 3.8) is 0 Å². The molecule has 47 heavy (non-hydrogen) atoms. The van der Waals surface area contributed by atoms with Crippen molar-refractivity contribution in [3.05, 3.63) is 93.3 Å². The Morgan fingerprint density at radius 1 is 1.04 bits per heavy atom. The highest BCUT2D eigenvalue weighted by atomic mass is 28.3. The molecule has 4 heterocycles. The molecule has 0 radical (unpaired) electrons. The topological polar surface area (TPSA) is 129 Å². The van der Waals surface area contributed by atoms with E-state index in [1.54, 1.807) is 17.6 Å². The van der Waals surface area contributed by atoms with E-state index in [0.717, 1.165) is 52.8 Å². The largest absolute Gasteiger partial charge is 0.457 e. The van der Waals surface area contributed by atoms with Gasteiger partial charge in [-0.1, -0.05) is 68.5 Å². The molecule has 0 spiro atoms. The molecule has 1 atom stereocenters. The number of urea groups is 1. The number of rotatable bonds is 10. The summed E-state index contributed by atoms with van der Waals surface area (Å²) >= 11 is 0. The van der Waals surface area contributed by atoms with E-state index in [2.05, 4.69) is 29.8 Å². The number of amides is 2. The number of nitrogens with one attached hydrogen (secondary N) is 2. The molecule has 2 aliphatic rings. The zero-order valence-corrected chi connectivity index (χ0v) is 28.3. The number of para-hydroxylation sites is 2. The highest BCUT2D eigenvalue weighted by Crippen LogP contribution is 2.42. The SMILES string of the molecule is CC[C@@]1(OC(C)=O)C(=O)OCc2c1cc1n(c2=O)Cc2c-1nc1ccccc1c2CC[Si](C)(C)CCCNC(=O)Nc1ccccc1. The smallest absolute Gasteiger partial charge is 0.355 e. The molecule has 0 aliphatic carbocycles. The van der Waals surface area contributed by atoms with Crippen molar-refractivity contribution in [2.45, 2.75) is 77.0 Å². The second-order valence-corrected chi connectivity index (χ2v) is 18.4. The molecule has 0 saturated heterocycles. The fraction of sp³-hybridized carbons (Fsp3) is 0.361. The Morgan fingerprint density at radius 3 is 2.53 bits per heavy atom. The number of benzene rings is 2. The molecule has 10 nitrogen and oxygen atoms in total. The number of anilines is 1. The van der Waals surface area contributed by atoms with E-state index in [-0.39, 0.29) is 24.6 Å². The Labute approximate surface area is 274 Å². The minimum absolute atomic E-state index is 0.136. The van der Waals surface area contributed by atoms with Gasteiger partial charge in [0, 0.05) is 43.7 Å². The Balaban J connectivity index is 1.25. The van der Waals surface area contributed by atoms with Gasteiger partial charge in [0.2, 0.25) is 5.60 Å². The third kappa shape index (κ3) is 6.19. The lowest BCUT2D eigenvalue weighted by molar-refractivity contribution is -0.188. The van der Waals surface area contributed by atoms with Gasteiger partial charge >= 0.3 is 18.0 Å². The maximum atomic E-state index is 14.0. The van der Waals surface area contributed by atoms with Crippen LogP contribution in [0.1, 0.15) is 48.9 Å². The van der Waals surface area contributed by atoms with Crippen LogP contribution in [0.5, 0.6) is 0 Å². The minimum Gasteiger partial charge on any atom is -0.457 e. The maximum absolute atomic E-state index is 14.0. The summed E-state index contributed by atoms with van der Waals surface area (Å²) in [6, 6.07) is 21.1. The van der Waals surface area contributed by atoms with Crippen molar-refractivity contribution < 1.29 is 23.9 Å². The quantitative estimate of drug-likeness (QED) is 0.106. The molecule has 244 valence electrons. The van der Waals surface area contributed by atoms with Gasteiger partial charge in [0.1, 0.15) is 6.61 Å². The number of aryl methyl sites for hydroxylation is 1. The molecule has 2 aromatic heterocycles. The van der Waals surface area contributed by atoms with Crippen LogP contribution in [-0.4, -0.2) is 42.1 Å². The fourth-order valence-electron chi connectivity index (χ4n) is 6.86. The van der Waals surface area contributed by atoms with Crippen LogP contribution < -0.4 is 16.2 Å². The van der Waals surface area contributed by atoms with Gasteiger partial charge in [-0.05, 0) is 49.1 Å². The standard InChI is InChI=1S/C36H40N4O6Si/c1-5-36(46-23(2)41)29-20-31-32-27(21-40(31)33(42)28(29)22-45-34(36)43)25(26-14-9-10-15-30(26)39-32)16-19-47(3,4)18-11-17-37-35(44)38-24-12-7-6-8-13-24/h6-10,12-15,20H,5,11,16-19,21-22H2,1-4H3,(H2,37,38,44)/t36-/m0/s1. The van der Waals surface area contributed by atoms with Crippen molar-refractivity contribution >= 4 is 42.6 Å². The van der Waals surface area contributed by atoms with Gasteiger partial charge < -0.3 is 24.7 Å². The Bertz CT molecular complexity index is 1940. The van der Waals surface area contributed by atoms with Crippen LogP contribution in [-0.2, 0) is 44.2 Å². The Hall–Kier alpha value is -4.77. The van der Waals surface area contributed by atoms with Crippen LogP contribution in [0.15, 0.2) is 65.5 Å². The van der Waals surface area contributed by atoms with Gasteiger partial charge in [-0.25, -0.2) is 14.6 Å². The number of fused-ring (bicyclic) bond motifs is 5. The van der Waals surface area contributed by atoms with Gasteiger partial charge in [-0.15, -0.1) is 0 Å². The second kappa shape index (κ2) is 12.8. The van der Waals surface area contributed by atoms with Gasteiger partial charge in [-0.3, -0.25) is 9.59 Å². The molecule has 0 saturated carbocycles. The van der Waals surface area contributed by atoms with Crippen molar-refractivity contribution in [1.29, 1.82) is 0 Å². The average Bonchev–Trinajstić information content (AvgIpc) is 3.41. The minimum atomic E-state index is -1.68. The third-order valence-electron chi connectivity index (χ3n) is 9.40. The third-order valence-corrected chi connectivity index (χ3v) is 12.7. The van der Waals surface area contributed by atoms with Crippen LogP contribution in [0.4, 0.5) is 10.5 Å². The zero-order chi connectivity index (χ0) is 33.3. The van der Waals surface area contributed by atoms with Crippen LogP contribution in [0.25, 0.3) is 22.3 Å². The summed E-state index contributed by atoms with van der Waals surface area (Å²) in [6.07, 6.45) is 1.87. The van der Waals surface area contributed by atoms with Crippen molar-refractivity contribution in [2.24, 2.45) is 0 Å². The van der Waals surface area contributed by atoms with Gasteiger partial charge in [0.05, 0.1) is 29.0 Å². The maximum Gasteiger partial charge on any atom is 0.355 e. The number of aromatic nitrogens is 2. The number of hydrogen-bond donors (Lipinski definition) is 2. The monoisotopic (exact) mass is 652 g/mol. The van der Waals surface area contributed by atoms with E-state index in [1.807, 2.05) is 48.5 Å². The van der Waals surface area contributed by atoms with Crippen LogP contribution in [0, 0.1) is 0 Å². The summed E-state index contributed by atoms with van der Waals surface area (Å²) in [5.74, 6) is -1.29. The first-order chi connectivity index (χ1) is 22.5. The van der Waals surface area contributed by atoms with Crippen LogP contribution in [0.2, 0.25) is 25.2 Å². The molecule has 6 rings (SSSR count). The molecule has 2 amide bonds. The lowest BCUT2D eigenvalue weighted by atomic mass is 9.85. The highest BCUT2D eigenvalue weighted by molar-refractivity contribution is 6.77. The number of pyridine rings is 2. The van der Waals surface area contributed by atoms with E-state index in [4.69, 9.17) is 14.5 Å². The molecular formula is C36H40N4O6Si. The molecule has 4 aromatic rings. The number of hydrogen-bond acceptors (Lipinski definition) is 7. The molecule has 2 aromatic carbocycles. The number of carbonyl (C=O) groups excluding carboxylic acids is 3. The van der Waals surface area contributed by atoms with Gasteiger partial charge in [0.25, 0.3) is 5.56 Å². The lowest BCUT2D eigenvalue weighted by Gasteiger charge is -2.35. The molecular weight excluding hydrogens is 613 g/mol. The first-order valence-corrected chi connectivity index (χ1v) is 19.6. The van der Waals surface area contributed by atoms with Crippen LogP contribution >= 0.6 is 0 Å². The Morgan fingerprint density at radius 2 is 1.79 bits per heavy atom. The summed E-state index contributed by atoms with van der Waals surface area (Å²) in [5.41, 5.74) is 3.90. The molecule has 0 unspecified atom stereocenters. The molecule has 0 fully saturated rings. The average molecular weight is 653 g/mol. The summed E-state index contributed by atoms with van der Waals surface area (Å²) in [4.78, 5) is 56.5. The Kier molecular flexibility index (Phi) is 8.76. The second-order valence-electron chi connectivity index (χ2n) is 13.1. The van der Waals surface area contributed by atoms with Crippen molar-refractivity contribution in [3.8, 4) is 11.4 Å². The number of nitrogens with zero attached hydrogens (tertiary/aromatic N) is 2. The number of cyclic esters (lactones) is 1. The van der Waals surface area contributed by atoms with Gasteiger partial charge in [0.15, 0.2) is 0 Å². The van der Waals surface area contributed by atoms with E-state index in [1.165, 1.54) is 12.5 Å². The number of carbonyl (C=O) groups is 3. The molecule has 2 N–H and O–H groups in total. The van der Waals surface area contributed by atoms with E-state index in [9.17, 15) is 19.2 Å². The number of ether oxygens (including phenoxy) is 2. The molecule has 0 bridgehead atoms. The van der Waals surface area contributed by atoms with Gasteiger partial charge in [-0.2, -0.15) is 0 Å². The summed E-state index contributed by atoms with van der Waals surface area (Å²) in [7, 11) is -1.67. The predicted octanol–water partition coefficient (Wildman–Crippen LogP) is 6.11. The molecule has 2 aliphatic heterocycles. The summed E-state index contributed by atoms with van der Waals surface area (Å²) in [5, 5.41) is 6.90. The first kappa shape index (κ1) is 32.2. The normalized spacial score (nSPS) is 16.6. The molecule has 11 heteroatoms. The van der Waals surface area contributed by atoms with Crippen molar-refractivity contribution in [2.75, 3.05) is 11.9 Å². The summed E-state index contributed by atoms with van der Waals surface area (Å²) in [6.45, 7) is 8.55.